The summed E-state index contributed by atoms with van der Waals surface area (Å²) in [5, 5.41) is 3.18. The summed E-state index contributed by atoms with van der Waals surface area (Å²) < 4.78 is 6.30. The Morgan fingerprint density at radius 2 is 1.91 bits per heavy atom. The fourth-order valence-corrected chi connectivity index (χ4v) is 2.51. The highest BCUT2D eigenvalue weighted by Gasteiger charge is 2.13. The zero-order valence-electron chi connectivity index (χ0n) is 11.7. The molecule has 0 radical (unpaired) electrons. The Balaban J connectivity index is 2.00. The number of amides is 1. The summed E-state index contributed by atoms with van der Waals surface area (Å²) in [6.45, 7) is 1.90. The van der Waals surface area contributed by atoms with Crippen molar-refractivity contribution in [2.75, 3.05) is 5.32 Å². The molecule has 3 rings (SSSR count). The maximum atomic E-state index is 12.3. The molecule has 0 fully saturated rings. The van der Waals surface area contributed by atoms with Gasteiger partial charge in [0.15, 0.2) is 11.2 Å². The first-order valence-corrected chi connectivity index (χ1v) is 7.44. The largest absolute Gasteiger partial charge is 0.451 e. The van der Waals surface area contributed by atoms with Crippen LogP contribution in [-0.4, -0.2) is 5.91 Å². The van der Waals surface area contributed by atoms with Gasteiger partial charge < -0.3 is 9.73 Å². The van der Waals surface area contributed by atoms with Crippen molar-refractivity contribution in [3.05, 3.63) is 74.6 Å². The quantitative estimate of drug-likeness (QED) is 0.750. The van der Waals surface area contributed by atoms with E-state index < -0.39 is 5.91 Å². The first kappa shape index (κ1) is 14.5. The number of rotatable bonds is 2. The molecule has 3 aromatic rings. The zero-order chi connectivity index (χ0) is 15.7. The molecule has 4 nitrogen and oxygen atoms in total. The van der Waals surface area contributed by atoms with Gasteiger partial charge in [0.2, 0.25) is 0 Å². The van der Waals surface area contributed by atoms with Gasteiger partial charge in [-0.15, -0.1) is 0 Å². The first-order valence-electron chi connectivity index (χ1n) is 6.65. The second-order valence-corrected chi connectivity index (χ2v) is 5.76. The van der Waals surface area contributed by atoms with E-state index in [1.54, 1.807) is 24.3 Å². The summed E-state index contributed by atoms with van der Waals surface area (Å²) in [6, 6.07) is 13.7. The fourth-order valence-electron chi connectivity index (χ4n) is 2.13. The average molecular weight is 358 g/mol. The van der Waals surface area contributed by atoms with E-state index >= 15 is 0 Å². The Labute approximate surface area is 134 Å². The van der Waals surface area contributed by atoms with Crippen LogP contribution < -0.4 is 10.7 Å². The SMILES string of the molecule is Cc1ccc2oc(C(=O)Nc3ccccc3Br)cc(=O)c2c1. The topological polar surface area (TPSA) is 59.3 Å². The molecule has 0 saturated carbocycles. The highest BCUT2D eigenvalue weighted by atomic mass is 79.9. The van der Waals surface area contributed by atoms with Crippen LogP contribution in [0.2, 0.25) is 0 Å². The first-order chi connectivity index (χ1) is 10.5. The molecule has 0 spiro atoms. The number of aryl methyl sites for hydroxylation is 1. The number of carbonyl (C=O) groups is 1. The van der Waals surface area contributed by atoms with Crippen LogP contribution in [0.15, 0.2) is 62.2 Å². The van der Waals surface area contributed by atoms with Gasteiger partial charge >= 0.3 is 0 Å². The number of nitrogens with one attached hydrogen (secondary N) is 1. The Morgan fingerprint density at radius 1 is 1.14 bits per heavy atom. The lowest BCUT2D eigenvalue weighted by Crippen LogP contribution is -2.15. The number of carbonyl (C=O) groups excluding carboxylic acids is 1. The van der Waals surface area contributed by atoms with Crippen LogP contribution in [0.5, 0.6) is 0 Å². The Kier molecular flexibility index (Phi) is 3.81. The number of hydrogen-bond donors (Lipinski definition) is 1. The number of fused-ring (bicyclic) bond motifs is 1. The number of para-hydroxylation sites is 1. The molecule has 0 bridgehead atoms. The molecule has 5 heteroatoms. The number of benzene rings is 2. The highest BCUT2D eigenvalue weighted by molar-refractivity contribution is 9.10. The third kappa shape index (κ3) is 2.80. The Hall–Kier alpha value is -2.40. The molecule has 0 aliphatic heterocycles. The van der Waals surface area contributed by atoms with Gasteiger partial charge in [-0.3, -0.25) is 9.59 Å². The molecule has 0 saturated heterocycles. The summed E-state index contributed by atoms with van der Waals surface area (Å²) >= 11 is 3.35. The number of anilines is 1. The summed E-state index contributed by atoms with van der Waals surface area (Å²) in [5.74, 6) is -0.483. The van der Waals surface area contributed by atoms with Crippen molar-refractivity contribution >= 4 is 38.5 Å². The molecule has 22 heavy (non-hydrogen) atoms. The van der Waals surface area contributed by atoms with Crippen molar-refractivity contribution < 1.29 is 9.21 Å². The van der Waals surface area contributed by atoms with Crippen molar-refractivity contribution in [1.29, 1.82) is 0 Å². The van der Waals surface area contributed by atoms with Crippen molar-refractivity contribution in [3.8, 4) is 0 Å². The highest BCUT2D eigenvalue weighted by Crippen LogP contribution is 2.22. The summed E-state index contributed by atoms with van der Waals surface area (Å²) in [4.78, 5) is 24.4. The normalized spacial score (nSPS) is 10.6. The lowest BCUT2D eigenvalue weighted by atomic mass is 10.1. The lowest BCUT2D eigenvalue weighted by molar-refractivity contribution is 0.0997. The summed E-state index contributed by atoms with van der Waals surface area (Å²) in [6.07, 6.45) is 0. The Bertz CT molecular complexity index is 931. The maximum Gasteiger partial charge on any atom is 0.291 e. The minimum absolute atomic E-state index is 0.0166. The molecule has 1 heterocycles. The van der Waals surface area contributed by atoms with Crippen LogP contribution in [0, 0.1) is 6.92 Å². The Morgan fingerprint density at radius 3 is 2.68 bits per heavy atom. The van der Waals surface area contributed by atoms with Gasteiger partial charge in [-0.25, -0.2) is 0 Å². The van der Waals surface area contributed by atoms with E-state index in [0.717, 1.165) is 10.0 Å². The predicted octanol–water partition coefficient (Wildman–Crippen LogP) is 4.12. The molecule has 0 unspecified atom stereocenters. The lowest BCUT2D eigenvalue weighted by Gasteiger charge is -2.07. The number of halogens is 1. The van der Waals surface area contributed by atoms with Crippen molar-refractivity contribution in [1.82, 2.24) is 0 Å². The molecule has 0 aliphatic rings. The second kappa shape index (κ2) is 5.77. The van der Waals surface area contributed by atoms with Crippen LogP contribution in [0.1, 0.15) is 16.1 Å². The molecule has 2 aromatic carbocycles. The average Bonchev–Trinajstić information content (AvgIpc) is 2.50. The third-order valence-electron chi connectivity index (χ3n) is 3.23. The molecule has 0 atom stereocenters. The molecule has 1 aromatic heterocycles. The van der Waals surface area contributed by atoms with E-state index in [2.05, 4.69) is 21.2 Å². The maximum absolute atomic E-state index is 12.3. The molecule has 110 valence electrons. The molecular weight excluding hydrogens is 346 g/mol. The smallest absolute Gasteiger partial charge is 0.291 e. The summed E-state index contributed by atoms with van der Waals surface area (Å²) in [5.41, 5.74) is 1.74. The van der Waals surface area contributed by atoms with E-state index in [1.807, 2.05) is 25.1 Å². The fraction of sp³-hybridized carbons (Fsp3) is 0.0588. The van der Waals surface area contributed by atoms with Gasteiger partial charge in [-0.2, -0.15) is 0 Å². The minimum Gasteiger partial charge on any atom is -0.451 e. The molecular formula is C17H12BrNO3. The minimum atomic E-state index is -0.466. The van der Waals surface area contributed by atoms with Crippen LogP contribution in [-0.2, 0) is 0 Å². The van der Waals surface area contributed by atoms with E-state index in [4.69, 9.17) is 4.42 Å². The van der Waals surface area contributed by atoms with Gasteiger partial charge in [0, 0.05) is 10.5 Å². The van der Waals surface area contributed by atoms with Crippen LogP contribution >= 0.6 is 15.9 Å². The van der Waals surface area contributed by atoms with Crippen molar-refractivity contribution in [2.24, 2.45) is 0 Å². The van der Waals surface area contributed by atoms with E-state index in [0.29, 0.717) is 16.7 Å². The van der Waals surface area contributed by atoms with E-state index in [-0.39, 0.29) is 11.2 Å². The van der Waals surface area contributed by atoms with Crippen LogP contribution in [0.4, 0.5) is 5.69 Å². The van der Waals surface area contributed by atoms with Crippen molar-refractivity contribution in [3.63, 3.8) is 0 Å². The zero-order valence-corrected chi connectivity index (χ0v) is 13.3. The molecule has 1 amide bonds. The molecule has 0 aliphatic carbocycles. The van der Waals surface area contributed by atoms with E-state index in [1.165, 1.54) is 6.07 Å². The molecule has 1 N–H and O–H groups in total. The van der Waals surface area contributed by atoms with Gasteiger partial charge in [-0.05, 0) is 47.1 Å². The monoisotopic (exact) mass is 357 g/mol. The van der Waals surface area contributed by atoms with Gasteiger partial charge in [0.1, 0.15) is 5.58 Å². The third-order valence-corrected chi connectivity index (χ3v) is 3.92. The van der Waals surface area contributed by atoms with Crippen LogP contribution in [0.3, 0.4) is 0 Å². The van der Waals surface area contributed by atoms with Crippen LogP contribution in [0.25, 0.3) is 11.0 Å². The van der Waals surface area contributed by atoms with Gasteiger partial charge in [0.25, 0.3) is 5.91 Å². The van der Waals surface area contributed by atoms with Gasteiger partial charge in [0.05, 0.1) is 11.1 Å². The second-order valence-electron chi connectivity index (χ2n) is 4.91. The van der Waals surface area contributed by atoms with E-state index in [9.17, 15) is 9.59 Å². The van der Waals surface area contributed by atoms with Gasteiger partial charge in [-0.1, -0.05) is 23.8 Å². The van der Waals surface area contributed by atoms with Crippen molar-refractivity contribution in [2.45, 2.75) is 6.92 Å². The summed E-state index contributed by atoms with van der Waals surface area (Å²) in [7, 11) is 0. The standard InChI is InChI=1S/C17H12BrNO3/c1-10-6-7-15-11(8-10)14(20)9-16(22-15)17(21)19-13-5-3-2-4-12(13)18/h2-9H,1H3,(H,19,21). The predicted molar refractivity (Wildman–Crippen MR) is 89.3 cm³/mol. The number of hydrogen-bond acceptors (Lipinski definition) is 3.